The van der Waals surface area contributed by atoms with E-state index < -0.39 is 5.82 Å². The van der Waals surface area contributed by atoms with Gasteiger partial charge in [0.05, 0.1) is 35.2 Å². The molecule has 4 nitrogen and oxygen atoms in total. The predicted molar refractivity (Wildman–Crippen MR) is 110 cm³/mol. The van der Waals surface area contributed by atoms with E-state index in [1.165, 1.54) is 6.07 Å². The number of allylic oxidation sites excluding steroid dienone is 2. The second kappa shape index (κ2) is 9.66. The number of ether oxygens (including phenoxy) is 1. The highest BCUT2D eigenvalue weighted by molar-refractivity contribution is 6.33. The third-order valence-corrected chi connectivity index (χ3v) is 4.37. The molecule has 0 heterocycles. The first kappa shape index (κ1) is 22.9. The summed E-state index contributed by atoms with van der Waals surface area (Å²) in [6.45, 7) is 11.9. The lowest BCUT2D eigenvalue weighted by atomic mass is 9.88. The van der Waals surface area contributed by atoms with Gasteiger partial charge in [-0.2, -0.15) is 5.26 Å². The molecular weight excluding hydrogens is 365 g/mol. The Hall–Kier alpha value is -2.19. The summed E-state index contributed by atoms with van der Waals surface area (Å²) in [4.78, 5) is 9.03. The van der Waals surface area contributed by atoms with Crippen LogP contribution in [0.5, 0.6) is 0 Å². The Morgan fingerprint density at radius 2 is 2.04 bits per heavy atom. The molecule has 0 saturated carbocycles. The zero-order chi connectivity index (χ0) is 20.8. The summed E-state index contributed by atoms with van der Waals surface area (Å²) in [5, 5.41) is 9.06. The minimum absolute atomic E-state index is 0.00532. The maximum absolute atomic E-state index is 14.5. The molecule has 27 heavy (non-hydrogen) atoms. The largest absolute Gasteiger partial charge is 0.493 e. The highest BCUT2D eigenvalue weighted by Crippen LogP contribution is 2.35. The Kier molecular flexibility index (Phi) is 8.18. The number of hydrogen-bond donors (Lipinski definition) is 0. The summed E-state index contributed by atoms with van der Waals surface area (Å²) in [5.41, 5.74) is 1.13. The predicted octanol–water partition coefficient (Wildman–Crippen LogP) is 6.46. The molecule has 0 fully saturated rings. The van der Waals surface area contributed by atoms with Gasteiger partial charge in [0.15, 0.2) is 11.6 Å². The van der Waals surface area contributed by atoms with Crippen LogP contribution < -0.4 is 0 Å². The van der Waals surface area contributed by atoms with Gasteiger partial charge in [0.1, 0.15) is 5.69 Å². The van der Waals surface area contributed by atoms with Crippen molar-refractivity contribution in [2.24, 2.45) is 21.3 Å². The molecule has 1 aromatic rings. The smallest absolute Gasteiger partial charge is 0.162 e. The monoisotopic (exact) mass is 391 g/mol. The Bertz CT molecular complexity index is 791. The summed E-state index contributed by atoms with van der Waals surface area (Å²) < 4.78 is 20.2. The second-order valence-electron chi connectivity index (χ2n) is 7.23. The molecule has 1 rings (SSSR count). The summed E-state index contributed by atoms with van der Waals surface area (Å²) in [5.74, 6) is -0.156. The highest BCUT2D eigenvalue weighted by Gasteiger charge is 2.27. The fraction of sp³-hybridized carbons (Fsp3) is 0.476. The Morgan fingerprint density at radius 3 is 2.44 bits per heavy atom. The van der Waals surface area contributed by atoms with Gasteiger partial charge in [-0.05, 0) is 25.5 Å². The van der Waals surface area contributed by atoms with Crippen LogP contribution in [0.1, 0.15) is 53.5 Å². The lowest BCUT2D eigenvalue weighted by Crippen LogP contribution is -2.21. The SMILES string of the molecule is CC=N/C(=C(/OC)C(=Nc1c(F)cc(C#N)cc1Cl)C(C)CC)C(C)(C)C. The molecule has 0 radical (unpaired) electrons. The van der Waals surface area contributed by atoms with Crippen LogP contribution in [0.3, 0.4) is 0 Å². The summed E-state index contributed by atoms with van der Waals surface area (Å²) in [6, 6.07) is 4.42. The number of nitrogens with zero attached hydrogens (tertiary/aromatic N) is 3. The first-order chi connectivity index (χ1) is 12.6. The molecule has 0 aromatic heterocycles. The number of halogens is 2. The van der Waals surface area contributed by atoms with Gasteiger partial charge in [-0.3, -0.25) is 4.99 Å². The number of aliphatic imine (C=N–C) groups is 2. The lowest BCUT2D eigenvalue weighted by Gasteiger charge is -2.25. The van der Waals surface area contributed by atoms with E-state index in [0.29, 0.717) is 11.5 Å². The Balaban J connectivity index is 3.82. The van der Waals surface area contributed by atoms with Crippen LogP contribution in [-0.4, -0.2) is 19.0 Å². The van der Waals surface area contributed by atoms with E-state index in [9.17, 15) is 4.39 Å². The van der Waals surface area contributed by atoms with Gasteiger partial charge in [-0.25, -0.2) is 9.38 Å². The van der Waals surface area contributed by atoms with Crippen LogP contribution in [0.25, 0.3) is 0 Å². The molecule has 0 aliphatic rings. The first-order valence-corrected chi connectivity index (χ1v) is 9.23. The van der Waals surface area contributed by atoms with Gasteiger partial charge in [-0.1, -0.05) is 46.2 Å². The number of methoxy groups -OCH3 is 1. The van der Waals surface area contributed by atoms with E-state index >= 15 is 0 Å². The molecule has 1 aromatic carbocycles. The number of rotatable bonds is 6. The van der Waals surface area contributed by atoms with Crippen molar-refractivity contribution in [3.8, 4) is 6.07 Å². The molecule has 1 unspecified atom stereocenters. The lowest BCUT2D eigenvalue weighted by molar-refractivity contribution is 0.293. The van der Waals surface area contributed by atoms with Crippen molar-refractivity contribution in [3.63, 3.8) is 0 Å². The van der Waals surface area contributed by atoms with Gasteiger partial charge < -0.3 is 4.74 Å². The normalized spacial score (nSPS) is 14.7. The third-order valence-electron chi connectivity index (χ3n) is 4.08. The fourth-order valence-electron chi connectivity index (χ4n) is 2.48. The summed E-state index contributed by atoms with van der Waals surface area (Å²) >= 11 is 6.20. The standard InChI is InChI=1S/C21H27ClFN3O/c1-8-13(3)17(19(27-7)20(25-9-2)21(4,5)6)26-18-15(22)10-14(12-24)11-16(18)23/h9-11,13H,8H2,1-7H3/b20-19+,25-9?,26-17?. The molecule has 0 spiro atoms. The maximum atomic E-state index is 14.5. The second-order valence-corrected chi connectivity index (χ2v) is 7.63. The first-order valence-electron chi connectivity index (χ1n) is 8.86. The Morgan fingerprint density at radius 1 is 1.41 bits per heavy atom. The van der Waals surface area contributed by atoms with E-state index in [2.05, 4.69) is 9.98 Å². The molecule has 0 amide bonds. The van der Waals surface area contributed by atoms with Crippen molar-refractivity contribution >= 4 is 29.2 Å². The molecule has 1 atom stereocenters. The average Bonchev–Trinajstić information content (AvgIpc) is 2.60. The number of nitriles is 1. The van der Waals surface area contributed by atoms with Gasteiger partial charge in [-0.15, -0.1) is 0 Å². The van der Waals surface area contributed by atoms with E-state index in [1.54, 1.807) is 13.3 Å². The van der Waals surface area contributed by atoms with Crippen LogP contribution in [0.4, 0.5) is 10.1 Å². The maximum Gasteiger partial charge on any atom is 0.162 e. The molecule has 0 N–H and O–H groups in total. The zero-order valence-corrected chi connectivity index (χ0v) is 17.8. The highest BCUT2D eigenvalue weighted by atomic mass is 35.5. The van der Waals surface area contributed by atoms with Crippen LogP contribution in [0.2, 0.25) is 5.02 Å². The van der Waals surface area contributed by atoms with Crippen molar-refractivity contribution in [2.75, 3.05) is 7.11 Å². The van der Waals surface area contributed by atoms with E-state index in [4.69, 9.17) is 21.6 Å². The fourth-order valence-corrected chi connectivity index (χ4v) is 2.73. The van der Waals surface area contributed by atoms with E-state index in [1.807, 2.05) is 47.6 Å². The Labute approximate surface area is 166 Å². The number of hydrogen-bond acceptors (Lipinski definition) is 4. The van der Waals surface area contributed by atoms with Crippen molar-refractivity contribution in [3.05, 3.63) is 40.0 Å². The molecule has 0 aliphatic carbocycles. The van der Waals surface area contributed by atoms with Crippen LogP contribution in [0.15, 0.2) is 33.6 Å². The van der Waals surface area contributed by atoms with Crippen LogP contribution in [0, 0.1) is 28.5 Å². The van der Waals surface area contributed by atoms with Crippen LogP contribution in [-0.2, 0) is 4.74 Å². The van der Waals surface area contributed by atoms with Gasteiger partial charge in [0.25, 0.3) is 0 Å². The van der Waals surface area contributed by atoms with Gasteiger partial charge in [0, 0.05) is 17.5 Å². The van der Waals surface area contributed by atoms with Crippen LogP contribution >= 0.6 is 11.6 Å². The third kappa shape index (κ3) is 5.64. The molecule has 146 valence electrons. The van der Waals surface area contributed by atoms with E-state index in [0.717, 1.165) is 18.2 Å². The summed E-state index contributed by atoms with van der Waals surface area (Å²) in [7, 11) is 1.56. The molecule has 0 saturated heterocycles. The molecular formula is C21H27ClFN3O. The van der Waals surface area contributed by atoms with Crippen molar-refractivity contribution in [1.29, 1.82) is 5.26 Å². The van der Waals surface area contributed by atoms with Crippen molar-refractivity contribution < 1.29 is 9.13 Å². The average molecular weight is 392 g/mol. The van der Waals surface area contributed by atoms with Crippen molar-refractivity contribution in [2.45, 2.75) is 48.0 Å². The minimum Gasteiger partial charge on any atom is -0.493 e. The van der Waals surface area contributed by atoms with E-state index in [-0.39, 0.29) is 27.6 Å². The summed E-state index contributed by atoms with van der Waals surface area (Å²) in [6.07, 6.45) is 2.47. The van der Waals surface area contributed by atoms with Gasteiger partial charge in [0.2, 0.25) is 0 Å². The molecule has 0 bridgehead atoms. The minimum atomic E-state index is -0.647. The molecule has 0 aliphatic heterocycles. The van der Waals surface area contributed by atoms with Gasteiger partial charge >= 0.3 is 0 Å². The van der Waals surface area contributed by atoms with Crippen molar-refractivity contribution in [1.82, 2.24) is 0 Å². The topological polar surface area (TPSA) is 57.7 Å². The molecule has 6 heteroatoms. The number of benzene rings is 1. The quantitative estimate of drug-likeness (QED) is 0.412. The zero-order valence-electron chi connectivity index (χ0n) is 17.0.